The van der Waals surface area contributed by atoms with E-state index < -0.39 is 15.5 Å². The van der Waals surface area contributed by atoms with Crippen molar-refractivity contribution < 1.29 is 15.0 Å². The number of benzene rings is 3. The third-order valence-electron chi connectivity index (χ3n) is 3.92. The van der Waals surface area contributed by atoms with Gasteiger partial charge in [-0.15, -0.1) is 0 Å². The van der Waals surface area contributed by atoms with Gasteiger partial charge in [-0.2, -0.15) is 0 Å². The van der Waals surface area contributed by atoms with Crippen molar-refractivity contribution in [1.82, 2.24) is 0 Å². The molecule has 11 heteroatoms. The van der Waals surface area contributed by atoms with Gasteiger partial charge in [-0.05, 0) is 36.4 Å². The van der Waals surface area contributed by atoms with Gasteiger partial charge in [0.25, 0.3) is 11.4 Å². The molecule has 0 aliphatic carbocycles. The van der Waals surface area contributed by atoms with Crippen LogP contribution in [-0.2, 0) is 0 Å². The summed E-state index contributed by atoms with van der Waals surface area (Å²) in [4.78, 5) is 25.0. The zero-order chi connectivity index (χ0) is 21.8. The summed E-state index contributed by atoms with van der Waals surface area (Å²) >= 11 is 11.8. The molecule has 0 unspecified atom stereocenters. The Morgan fingerprint density at radius 2 is 1.77 bits per heavy atom. The third kappa shape index (κ3) is 4.83. The minimum absolute atomic E-state index is 0.0878. The van der Waals surface area contributed by atoms with Crippen LogP contribution in [0.25, 0.3) is 0 Å². The van der Waals surface area contributed by atoms with E-state index in [0.717, 1.165) is 6.07 Å². The maximum absolute atomic E-state index is 11.3. The van der Waals surface area contributed by atoms with E-state index in [1.54, 1.807) is 24.3 Å². The third-order valence-corrected chi connectivity index (χ3v) is 4.43. The fraction of sp³-hybridized carbons (Fsp3) is 0. The molecule has 30 heavy (non-hydrogen) atoms. The molecule has 0 spiro atoms. The summed E-state index contributed by atoms with van der Waals surface area (Å²) in [5, 5.41) is 35.4. The van der Waals surface area contributed by atoms with Crippen LogP contribution in [0.1, 0.15) is 5.56 Å². The summed E-state index contributed by atoms with van der Waals surface area (Å²) in [6.45, 7) is 0. The van der Waals surface area contributed by atoms with Crippen LogP contribution in [0.15, 0.2) is 59.6 Å². The molecule has 0 aliphatic rings. The first-order valence-electron chi connectivity index (χ1n) is 8.26. The van der Waals surface area contributed by atoms with Gasteiger partial charge in [0, 0.05) is 28.6 Å². The molecule has 3 aromatic carbocycles. The van der Waals surface area contributed by atoms with Crippen LogP contribution in [0.3, 0.4) is 0 Å². The lowest BCUT2D eigenvalue weighted by atomic mass is 10.2. The second-order valence-corrected chi connectivity index (χ2v) is 6.82. The van der Waals surface area contributed by atoms with Crippen LogP contribution >= 0.6 is 23.2 Å². The predicted molar refractivity (Wildman–Crippen MR) is 115 cm³/mol. The number of phenols is 1. The molecule has 0 radical (unpaired) electrons. The van der Waals surface area contributed by atoms with E-state index >= 15 is 0 Å². The maximum atomic E-state index is 11.3. The number of nitro benzene ring substituents is 2. The van der Waals surface area contributed by atoms with Gasteiger partial charge in [0.15, 0.2) is 0 Å². The highest BCUT2D eigenvalue weighted by Crippen LogP contribution is 2.33. The van der Waals surface area contributed by atoms with Crippen molar-refractivity contribution >= 4 is 57.9 Å². The smallest absolute Gasteiger partial charge is 0.299 e. The topological polar surface area (TPSA) is 131 Å². The number of rotatable bonds is 6. The van der Waals surface area contributed by atoms with E-state index in [-0.39, 0.29) is 22.1 Å². The van der Waals surface area contributed by atoms with Crippen molar-refractivity contribution in [3.63, 3.8) is 0 Å². The molecule has 2 N–H and O–H groups in total. The van der Waals surface area contributed by atoms with Gasteiger partial charge in [0.1, 0.15) is 11.4 Å². The zero-order valence-corrected chi connectivity index (χ0v) is 16.5. The molecule has 0 aromatic heterocycles. The number of nitrogens with zero attached hydrogens (tertiary/aromatic N) is 3. The van der Waals surface area contributed by atoms with Crippen molar-refractivity contribution in [3.05, 3.63) is 90.4 Å². The Hall–Kier alpha value is -3.69. The molecule has 0 saturated heterocycles. The second-order valence-electron chi connectivity index (χ2n) is 5.97. The number of phenolic OH excluding ortho intramolecular Hbond substituents is 1. The highest BCUT2D eigenvalue weighted by atomic mass is 35.5. The quantitative estimate of drug-likeness (QED) is 0.270. The first kappa shape index (κ1) is 21.0. The summed E-state index contributed by atoms with van der Waals surface area (Å²) in [5.41, 5.74) is 0.528. The van der Waals surface area contributed by atoms with Gasteiger partial charge in [0.05, 0.1) is 26.6 Å². The number of aromatic hydroxyl groups is 1. The Morgan fingerprint density at radius 1 is 1.00 bits per heavy atom. The molecule has 0 fully saturated rings. The van der Waals surface area contributed by atoms with E-state index in [9.17, 15) is 25.3 Å². The average molecular weight is 447 g/mol. The van der Waals surface area contributed by atoms with E-state index in [0.29, 0.717) is 22.0 Å². The number of halogens is 2. The zero-order valence-electron chi connectivity index (χ0n) is 15.0. The molecule has 3 aromatic rings. The lowest BCUT2D eigenvalue weighted by molar-refractivity contribution is -0.393. The summed E-state index contributed by atoms with van der Waals surface area (Å²) in [6.07, 6.45) is 1.38. The standard InChI is InChI=1S/C19H12Cl2N4O5/c20-12-6-11(19(26)16(21)7-12)10-22-13-2-1-3-14(8-13)23-17-5-4-15(24(27)28)9-18(17)25(29)30/h1-10,23,26H. The normalized spacial score (nSPS) is 10.9. The number of anilines is 2. The maximum Gasteiger partial charge on any atom is 0.299 e. The van der Waals surface area contributed by atoms with Crippen molar-refractivity contribution in [2.45, 2.75) is 0 Å². The van der Waals surface area contributed by atoms with E-state index in [1.165, 1.54) is 30.5 Å². The molecule has 9 nitrogen and oxygen atoms in total. The summed E-state index contributed by atoms with van der Waals surface area (Å²) in [5.74, 6) is -0.166. The van der Waals surface area contributed by atoms with Gasteiger partial charge in [0.2, 0.25) is 0 Å². The van der Waals surface area contributed by atoms with Crippen LogP contribution in [0.2, 0.25) is 10.0 Å². The van der Waals surface area contributed by atoms with Crippen LogP contribution in [0.5, 0.6) is 5.75 Å². The molecule has 0 atom stereocenters. The minimum Gasteiger partial charge on any atom is -0.506 e. The minimum atomic E-state index is -0.705. The molecule has 0 saturated carbocycles. The largest absolute Gasteiger partial charge is 0.506 e. The Bertz CT molecular complexity index is 1180. The second kappa shape index (κ2) is 8.76. The highest BCUT2D eigenvalue weighted by Gasteiger charge is 2.19. The molecule has 3 rings (SSSR count). The van der Waals surface area contributed by atoms with Crippen LogP contribution in [0, 0.1) is 20.2 Å². The van der Waals surface area contributed by atoms with Crippen LogP contribution < -0.4 is 5.32 Å². The van der Waals surface area contributed by atoms with Crippen molar-refractivity contribution in [2.24, 2.45) is 4.99 Å². The average Bonchev–Trinajstić information content (AvgIpc) is 2.70. The predicted octanol–water partition coefficient (Wildman–Crippen LogP) is 6.01. The van der Waals surface area contributed by atoms with Gasteiger partial charge in [-0.3, -0.25) is 25.2 Å². The van der Waals surface area contributed by atoms with Gasteiger partial charge in [-0.1, -0.05) is 29.3 Å². The molecule has 0 bridgehead atoms. The van der Waals surface area contributed by atoms with Crippen molar-refractivity contribution in [2.75, 3.05) is 5.32 Å². The molecule has 152 valence electrons. The number of hydrogen-bond acceptors (Lipinski definition) is 7. The van der Waals surface area contributed by atoms with Gasteiger partial charge >= 0.3 is 0 Å². The van der Waals surface area contributed by atoms with E-state index in [2.05, 4.69) is 10.3 Å². The highest BCUT2D eigenvalue weighted by molar-refractivity contribution is 6.36. The van der Waals surface area contributed by atoms with E-state index in [1.807, 2.05) is 0 Å². The number of aliphatic imine (C=N–C) groups is 1. The number of non-ortho nitro benzene ring substituents is 1. The summed E-state index contributed by atoms with van der Waals surface area (Å²) in [6, 6.07) is 12.8. The first-order valence-corrected chi connectivity index (χ1v) is 9.02. The summed E-state index contributed by atoms with van der Waals surface area (Å²) in [7, 11) is 0. The SMILES string of the molecule is O=[N+]([O-])c1ccc(Nc2cccc(N=Cc3cc(Cl)cc(Cl)c3O)c2)c([N+](=O)[O-])c1. The first-order chi connectivity index (χ1) is 14.2. The molecular weight excluding hydrogens is 435 g/mol. The Balaban J connectivity index is 1.88. The van der Waals surface area contributed by atoms with E-state index in [4.69, 9.17) is 23.2 Å². The Labute approximate surface area is 179 Å². The number of hydrogen-bond donors (Lipinski definition) is 2. The Morgan fingerprint density at radius 3 is 2.47 bits per heavy atom. The van der Waals surface area contributed by atoms with Crippen LogP contribution in [0.4, 0.5) is 28.4 Å². The fourth-order valence-corrected chi connectivity index (χ4v) is 3.05. The monoisotopic (exact) mass is 446 g/mol. The number of nitro groups is 2. The lowest BCUT2D eigenvalue weighted by Gasteiger charge is -2.08. The fourth-order valence-electron chi connectivity index (χ4n) is 2.54. The van der Waals surface area contributed by atoms with Crippen molar-refractivity contribution in [1.29, 1.82) is 0 Å². The molecule has 0 heterocycles. The van der Waals surface area contributed by atoms with Crippen molar-refractivity contribution in [3.8, 4) is 5.75 Å². The molecule has 0 aliphatic heterocycles. The summed E-state index contributed by atoms with van der Waals surface area (Å²) < 4.78 is 0. The molecular formula is C19H12Cl2N4O5. The Kier molecular flexibility index (Phi) is 6.14. The van der Waals surface area contributed by atoms with Crippen LogP contribution in [-0.4, -0.2) is 21.2 Å². The number of nitrogens with one attached hydrogen (secondary N) is 1. The van der Waals surface area contributed by atoms with Gasteiger partial charge in [-0.25, -0.2) is 0 Å². The molecule has 0 amide bonds. The van der Waals surface area contributed by atoms with Gasteiger partial charge < -0.3 is 10.4 Å². The lowest BCUT2D eigenvalue weighted by Crippen LogP contribution is -1.98.